The van der Waals surface area contributed by atoms with E-state index in [0.717, 1.165) is 18.3 Å². The molecule has 0 fully saturated rings. The monoisotopic (exact) mass is 284 g/mol. The van der Waals surface area contributed by atoms with Crippen molar-refractivity contribution in [2.45, 2.75) is 6.42 Å². The summed E-state index contributed by atoms with van der Waals surface area (Å²) in [4.78, 5) is 16.1. The average Bonchev–Trinajstić information content (AvgIpc) is 2.30. The molecule has 0 amide bonds. The molecule has 0 aliphatic heterocycles. The Balaban J connectivity index is 2.64. The molecule has 0 unspecified atom stereocenters. The van der Waals surface area contributed by atoms with Gasteiger partial charge < -0.3 is 10.2 Å². The third kappa shape index (κ3) is 6.73. The first-order valence-electron chi connectivity index (χ1n) is 5.80. The zero-order valence-corrected chi connectivity index (χ0v) is 11.7. The number of nitrogens with zero attached hydrogens (tertiary/aromatic N) is 3. The lowest BCUT2D eigenvalue weighted by atomic mass is 10.1. The minimum atomic E-state index is -0.457. The van der Waals surface area contributed by atoms with Crippen LogP contribution in [0.4, 0.5) is 0 Å². The summed E-state index contributed by atoms with van der Waals surface area (Å²) in [6, 6.07) is 3.47. The Bertz CT molecular complexity index is 446. The van der Waals surface area contributed by atoms with Crippen LogP contribution in [0, 0.1) is 10.1 Å². The Hall–Kier alpha value is -1.66. The van der Waals surface area contributed by atoms with Gasteiger partial charge in [0.05, 0.1) is 10.6 Å². The van der Waals surface area contributed by atoms with Gasteiger partial charge in [0, 0.05) is 25.7 Å². The highest BCUT2D eigenvalue weighted by atomic mass is 35.5. The summed E-state index contributed by atoms with van der Waals surface area (Å²) < 4.78 is 0. The normalized spacial score (nSPS) is 11.7. The molecule has 1 aromatic heterocycles. The maximum atomic E-state index is 10.6. The number of allylic oxidation sites excluding steroid dienone is 1. The fourth-order valence-electron chi connectivity index (χ4n) is 1.45. The second-order valence-corrected chi connectivity index (χ2v) is 4.72. The van der Waals surface area contributed by atoms with Gasteiger partial charge in [-0.3, -0.25) is 10.1 Å². The summed E-state index contributed by atoms with van der Waals surface area (Å²) in [5, 5.41) is 14.1. The molecule has 0 radical (unpaired) electrons. The summed E-state index contributed by atoms with van der Waals surface area (Å²) in [5.41, 5.74) is 1.42. The van der Waals surface area contributed by atoms with E-state index < -0.39 is 4.92 Å². The van der Waals surface area contributed by atoms with E-state index in [0.29, 0.717) is 23.8 Å². The van der Waals surface area contributed by atoms with Gasteiger partial charge in [-0.2, -0.15) is 0 Å². The van der Waals surface area contributed by atoms with Crippen molar-refractivity contribution in [3.63, 3.8) is 0 Å². The van der Waals surface area contributed by atoms with Crippen LogP contribution in [0.2, 0.25) is 5.15 Å². The number of pyridine rings is 1. The van der Waals surface area contributed by atoms with Crippen LogP contribution in [0.15, 0.2) is 30.2 Å². The predicted octanol–water partition coefficient (Wildman–Crippen LogP) is 1.55. The van der Waals surface area contributed by atoms with Crippen LogP contribution in [0.25, 0.3) is 0 Å². The lowest BCUT2D eigenvalue weighted by Gasteiger charge is -2.12. The summed E-state index contributed by atoms with van der Waals surface area (Å²) in [5.74, 6) is 0. The first-order chi connectivity index (χ1) is 8.97. The van der Waals surface area contributed by atoms with E-state index in [9.17, 15) is 10.1 Å². The van der Waals surface area contributed by atoms with Gasteiger partial charge in [0.15, 0.2) is 0 Å². The maximum absolute atomic E-state index is 10.6. The van der Waals surface area contributed by atoms with E-state index >= 15 is 0 Å². The standard InChI is InChI=1S/C12H17ClN4O2/c1-16(2)6-5-14-11(9-17(18)19)7-10-3-4-12(13)15-8-10/h3-4,8-9,14H,5-7H2,1-2H3/b11-9-. The molecule has 1 N–H and O–H groups in total. The second kappa shape index (κ2) is 7.70. The molecule has 0 spiro atoms. The van der Waals surface area contributed by atoms with Gasteiger partial charge in [-0.05, 0) is 25.7 Å². The molecular formula is C12H17ClN4O2. The van der Waals surface area contributed by atoms with Crippen LogP contribution in [0.1, 0.15) is 5.56 Å². The van der Waals surface area contributed by atoms with E-state index in [1.54, 1.807) is 18.3 Å². The Morgan fingerprint density at radius 2 is 2.32 bits per heavy atom. The Morgan fingerprint density at radius 1 is 1.58 bits per heavy atom. The predicted molar refractivity (Wildman–Crippen MR) is 74.6 cm³/mol. The van der Waals surface area contributed by atoms with Crippen molar-refractivity contribution >= 4 is 11.6 Å². The number of nitrogens with one attached hydrogen (secondary N) is 1. The quantitative estimate of drug-likeness (QED) is 0.467. The van der Waals surface area contributed by atoms with Crippen molar-refractivity contribution in [3.05, 3.63) is 51.1 Å². The molecule has 0 aliphatic carbocycles. The highest BCUT2D eigenvalue weighted by Crippen LogP contribution is 2.09. The van der Waals surface area contributed by atoms with Gasteiger partial charge in [0.25, 0.3) is 6.20 Å². The Labute approximate surface area is 117 Å². The zero-order chi connectivity index (χ0) is 14.3. The van der Waals surface area contributed by atoms with E-state index in [-0.39, 0.29) is 0 Å². The number of likely N-dealkylation sites (N-methyl/N-ethyl adjacent to an activating group) is 1. The Kier molecular flexibility index (Phi) is 6.24. The van der Waals surface area contributed by atoms with Crippen LogP contribution in [-0.4, -0.2) is 42.0 Å². The summed E-state index contributed by atoms with van der Waals surface area (Å²) >= 11 is 5.70. The summed E-state index contributed by atoms with van der Waals surface area (Å²) in [6.07, 6.45) is 3.03. The lowest BCUT2D eigenvalue weighted by molar-refractivity contribution is -0.403. The molecule has 0 atom stereocenters. The minimum absolute atomic E-state index is 0.407. The molecular weight excluding hydrogens is 268 g/mol. The first-order valence-corrected chi connectivity index (χ1v) is 6.18. The zero-order valence-electron chi connectivity index (χ0n) is 11.0. The van der Waals surface area contributed by atoms with Crippen molar-refractivity contribution in [1.82, 2.24) is 15.2 Å². The molecule has 1 aromatic rings. The van der Waals surface area contributed by atoms with E-state index in [1.807, 2.05) is 19.0 Å². The highest BCUT2D eigenvalue weighted by Gasteiger charge is 2.05. The maximum Gasteiger partial charge on any atom is 0.253 e. The molecule has 6 nitrogen and oxygen atoms in total. The molecule has 0 aromatic carbocycles. The average molecular weight is 285 g/mol. The number of hydrogen-bond acceptors (Lipinski definition) is 5. The number of halogens is 1. The largest absolute Gasteiger partial charge is 0.382 e. The van der Waals surface area contributed by atoms with Crippen LogP contribution in [0.3, 0.4) is 0 Å². The smallest absolute Gasteiger partial charge is 0.253 e. The fraction of sp³-hybridized carbons (Fsp3) is 0.417. The second-order valence-electron chi connectivity index (χ2n) is 4.34. The van der Waals surface area contributed by atoms with Crippen LogP contribution in [-0.2, 0) is 6.42 Å². The van der Waals surface area contributed by atoms with Crippen LogP contribution in [0.5, 0.6) is 0 Å². The highest BCUT2D eigenvalue weighted by molar-refractivity contribution is 6.29. The fourth-order valence-corrected chi connectivity index (χ4v) is 1.56. The van der Waals surface area contributed by atoms with Gasteiger partial charge in [-0.25, -0.2) is 4.98 Å². The van der Waals surface area contributed by atoms with Crippen molar-refractivity contribution in [2.24, 2.45) is 0 Å². The molecule has 1 rings (SSSR count). The van der Waals surface area contributed by atoms with Crippen molar-refractivity contribution in [2.75, 3.05) is 27.2 Å². The summed E-state index contributed by atoms with van der Waals surface area (Å²) in [7, 11) is 3.89. The molecule has 0 saturated carbocycles. The van der Waals surface area contributed by atoms with Gasteiger partial charge in [0.2, 0.25) is 0 Å². The van der Waals surface area contributed by atoms with Gasteiger partial charge in [0.1, 0.15) is 5.15 Å². The Morgan fingerprint density at radius 3 is 2.84 bits per heavy atom. The van der Waals surface area contributed by atoms with E-state index in [4.69, 9.17) is 11.6 Å². The lowest BCUT2D eigenvalue weighted by Crippen LogP contribution is -2.27. The topological polar surface area (TPSA) is 71.3 Å². The van der Waals surface area contributed by atoms with E-state index in [2.05, 4.69) is 10.3 Å². The third-order valence-electron chi connectivity index (χ3n) is 2.36. The number of hydrogen-bond donors (Lipinski definition) is 1. The van der Waals surface area contributed by atoms with Crippen molar-refractivity contribution < 1.29 is 4.92 Å². The third-order valence-corrected chi connectivity index (χ3v) is 2.58. The van der Waals surface area contributed by atoms with Gasteiger partial charge in [-0.1, -0.05) is 17.7 Å². The molecule has 0 bridgehead atoms. The van der Waals surface area contributed by atoms with Crippen LogP contribution >= 0.6 is 11.6 Å². The van der Waals surface area contributed by atoms with E-state index in [1.165, 1.54) is 0 Å². The van der Waals surface area contributed by atoms with Crippen molar-refractivity contribution in [3.8, 4) is 0 Å². The van der Waals surface area contributed by atoms with Gasteiger partial charge in [-0.15, -0.1) is 0 Å². The minimum Gasteiger partial charge on any atom is -0.382 e. The molecule has 104 valence electrons. The molecule has 0 saturated heterocycles. The molecule has 0 aliphatic rings. The SMILES string of the molecule is CN(C)CCN/C(=C\[N+](=O)[O-])Cc1ccc(Cl)nc1. The number of aromatic nitrogens is 1. The number of rotatable bonds is 7. The van der Waals surface area contributed by atoms with Gasteiger partial charge >= 0.3 is 0 Å². The summed E-state index contributed by atoms with van der Waals surface area (Å²) in [6.45, 7) is 1.45. The first kappa shape index (κ1) is 15.4. The number of nitro groups is 1. The molecule has 19 heavy (non-hydrogen) atoms. The molecule has 7 heteroatoms. The molecule has 1 heterocycles. The van der Waals surface area contributed by atoms with Crippen LogP contribution < -0.4 is 5.32 Å². The van der Waals surface area contributed by atoms with Crippen molar-refractivity contribution in [1.29, 1.82) is 0 Å².